The van der Waals surface area contributed by atoms with Gasteiger partial charge in [-0.2, -0.15) is 0 Å². The quantitative estimate of drug-likeness (QED) is 0.626. The van der Waals surface area contributed by atoms with Gasteiger partial charge in [-0.05, 0) is 23.8 Å². The fourth-order valence-electron chi connectivity index (χ4n) is 2.01. The Morgan fingerprint density at radius 3 is 2.65 bits per heavy atom. The lowest BCUT2D eigenvalue weighted by Gasteiger charge is -2.08. The smallest absolute Gasteiger partial charge is 0.100 e. The number of imidazole rings is 1. The second-order valence-electron chi connectivity index (χ2n) is 3.87. The third-order valence-corrected chi connectivity index (χ3v) is 3.14. The van der Waals surface area contributed by atoms with Crippen molar-refractivity contribution in [2.24, 2.45) is 0 Å². The molecule has 2 nitrogen and oxygen atoms in total. The first-order valence-electron chi connectivity index (χ1n) is 5.46. The molecule has 3 rings (SSSR count). The van der Waals surface area contributed by atoms with Crippen molar-refractivity contribution in [3.8, 4) is 5.69 Å². The Morgan fingerprint density at radius 1 is 1.00 bits per heavy atom. The SMILES string of the molecule is ClCc1ccccc1-n1cnc2ccccc21. The van der Waals surface area contributed by atoms with Crippen molar-refractivity contribution in [1.82, 2.24) is 9.55 Å². The fourth-order valence-corrected chi connectivity index (χ4v) is 2.24. The fraction of sp³-hybridized carbons (Fsp3) is 0.0714. The minimum absolute atomic E-state index is 0.503. The zero-order valence-corrected chi connectivity index (χ0v) is 9.93. The van der Waals surface area contributed by atoms with Crippen LogP contribution in [0.2, 0.25) is 0 Å². The average Bonchev–Trinajstić information content (AvgIpc) is 2.82. The van der Waals surface area contributed by atoms with Crippen LogP contribution >= 0.6 is 11.6 Å². The van der Waals surface area contributed by atoms with E-state index in [1.54, 1.807) is 0 Å². The summed E-state index contributed by atoms with van der Waals surface area (Å²) in [6.45, 7) is 0. The average molecular weight is 243 g/mol. The molecule has 0 spiro atoms. The van der Waals surface area contributed by atoms with Crippen LogP contribution in [-0.2, 0) is 5.88 Å². The van der Waals surface area contributed by atoms with E-state index in [0.29, 0.717) is 5.88 Å². The summed E-state index contributed by atoms with van der Waals surface area (Å²) in [5.41, 5.74) is 4.30. The zero-order valence-electron chi connectivity index (χ0n) is 9.18. The first-order chi connectivity index (χ1) is 8.40. The van der Waals surface area contributed by atoms with Crippen molar-refractivity contribution in [2.45, 2.75) is 5.88 Å². The molecule has 0 aliphatic heterocycles. The lowest BCUT2D eigenvalue weighted by molar-refractivity contribution is 1.07. The maximum absolute atomic E-state index is 5.97. The minimum Gasteiger partial charge on any atom is -0.299 e. The first kappa shape index (κ1) is 10.4. The van der Waals surface area contributed by atoms with Crippen LogP contribution in [-0.4, -0.2) is 9.55 Å². The van der Waals surface area contributed by atoms with E-state index in [0.717, 1.165) is 22.3 Å². The Kier molecular flexibility index (Phi) is 2.57. The van der Waals surface area contributed by atoms with Gasteiger partial charge in [0.15, 0.2) is 0 Å². The minimum atomic E-state index is 0.503. The number of fused-ring (bicyclic) bond motifs is 1. The molecule has 0 bridgehead atoms. The van der Waals surface area contributed by atoms with E-state index in [1.165, 1.54) is 0 Å². The number of hydrogen-bond donors (Lipinski definition) is 0. The van der Waals surface area contributed by atoms with Crippen molar-refractivity contribution >= 4 is 22.6 Å². The molecule has 17 heavy (non-hydrogen) atoms. The number of para-hydroxylation sites is 3. The van der Waals surface area contributed by atoms with Crippen LogP contribution in [0.15, 0.2) is 54.9 Å². The number of hydrogen-bond acceptors (Lipinski definition) is 1. The molecule has 1 aromatic heterocycles. The molecule has 0 aliphatic rings. The highest BCUT2D eigenvalue weighted by atomic mass is 35.5. The van der Waals surface area contributed by atoms with E-state index >= 15 is 0 Å². The highest BCUT2D eigenvalue weighted by molar-refractivity contribution is 6.17. The second kappa shape index (κ2) is 4.22. The van der Waals surface area contributed by atoms with Crippen molar-refractivity contribution < 1.29 is 0 Å². The topological polar surface area (TPSA) is 17.8 Å². The molecule has 2 aromatic carbocycles. The molecular formula is C14H11ClN2. The summed E-state index contributed by atoms with van der Waals surface area (Å²) in [6.07, 6.45) is 1.84. The lowest BCUT2D eigenvalue weighted by atomic mass is 10.2. The van der Waals surface area contributed by atoms with Crippen molar-refractivity contribution in [3.63, 3.8) is 0 Å². The second-order valence-corrected chi connectivity index (χ2v) is 4.13. The summed E-state index contributed by atoms with van der Waals surface area (Å²) >= 11 is 5.97. The molecular weight excluding hydrogens is 232 g/mol. The summed E-state index contributed by atoms with van der Waals surface area (Å²) < 4.78 is 2.08. The van der Waals surface area contributed by atoms with Gasteiger partial charge >= 0.3 is 0 Å². The number of alkyl halides is 1. The molecule has 3 aromatic rings. The van der Waals surface area contributed by atoms with E-state index in [2.05, 4.69) is 21.7 Å². The predicted octanol–water partition coefficient (Wildman–Crippen LogP) is 3.76. The molecule has 0 N–H and O–H groups in total. The molecule has 1 heterocycles. The van der Waals surface area contributed by atoms with Gasteiger partial charge in [0, 0.05) is 5.88 Å². The number of rotatable bonds is 2. The summed E-state index contributed by atoms with van der Waals surface area (Å²) in [4.78, 5) is 4.39. The summed E-state index contributed by atoms with van der Waals surface area (Å²) in [7, 11) is 0. The molecule has 0 fully saturated rings. The summed E-state index contributed by atoms with van der Waals surface area (Å²) in [6, 6.07) is 16.2. The van der Waals surface area contributed by atoms with E-state index in [9.17, 15) is 0 Å². The van der Waals surface area contributed by atoms with Gasteiger partial charge in [-0.15, -0.1) is 11.6 Å². The Balaban J connectivity index is 2.27. The Labute approximate surface area is 104 Å². The monoisotopic (exact) mass is 242 g/mol. The highest BCUT2D eigenvalue weighted by Crippen LogP contribution is 2.21. The van der Waals surface area contributed by atoms with Gasteiger partial charge in [0.05, 0.1) is 16.7 Å². The van der Waals surface area contributed by atoms with Crippen molar-refractivity contribution in [2.75, 3.05) is 0 Å². The molecule has 0 saturated carbocycles. The molecule has 0 radical (unpaired) electrons. The van der Waals surface area contributed by atoms with Gasteiger partial charge in [-0.25, -0.2) is 4.98 Å². The van der Waals surface area contributed by atoms with Crippen LogP contribution in [0.5, 0.6) is 0 Å². The van der Waals surface area contributed by atoms with E-state index in [4.69, 9.17) is 11.6 Å². The van der Waals surface area contributed by atoms with Crippen LogP contribution in [0.3, 0.4) is 0 Å². The number of nitrogens with zero attached hydrogens (tertiary/aromatic N) is 2. The summed E-state index contributed by atoms with van der Waals surface area (Å²) in [5.74, 6) is 0.503. The van der Waals surface area contributed by atoms with Gasteiger partial charge in [0.25, 0.3) is 0 Å². The molecule has 0 aliphatic carbocycles. The third-order valence-electron chi connectivity index (χ3n) is 2.85. The number of halogens is 1. The molecule has 0 amide bonds. The van der Waals surface area contributed by atoms with E-state index in [1.807, 2.05) is 42.7 Å². The summed E-state index contributed by atoms with van der Waals surface area (Å²) in [5, 5.41) is 0. The van der Waals surface area contributed by atoms with Gasteiger partial charge in [-0.3, -0.25) is 4.57 Å². The van der Waals surface area contributed by atoms with E-state index in [-0.39, 0.29) is 0 Å². The molecule has 84 valence electrons. The van der Waals surface area contributed by atoms with Crippen LogP contribution in [0.4, 0.5) is 0 Å². The van der Waals surface area contributed by atoms with Gasteiger partial charge in [0.1, 0.15) is 6.33 Å². The highest BCUT2D eigenvalue weighted by Gasteiger charge is 2.06. The van der Waals surface area contributed by atoms with E-state index < -0.39 is 0 Å². The lowest BCUT2D eigenvalue weighted by Crippen LogP contribution is -1.96. The predicted molar refractivity (Wildman–Crippen MR) is 70.6 cm³/mol. The third kappa shape index (κ3) is 1.71. The number of benzene rings is 2. The van der Waals surface area contributed by atoms with Crippen LogP contribution < -0.4 is 0 Å². The van der Waals surface area contributed by atoms with Gasteiger partial charge in [-0.1, -0.05) is 30.3 Å². The number of aromatic nitrogens is 2. The molecule has 0 atom stereocenters. The maximum atomic E-state index is 5.97. The van der Waals surface area contributed by atoms with Crippen LogP contribution in [0, 0.1) is 0 Å². The largest absolute Gasteiger partial charge is 0.299 e. The van der Waals surface area contributed by atoms with Crippen molar-refractivity contribution in [3.05, 3.63) is 60.4 Å². The standard InChI is InChI=1S/C14H11ClN2/c15-9-11-5-1-3-7-13(11)17-10-16-12-6-2-4-8-14(12)17/h1-8,10H,9H2. The molecule has 0 saturated heterocycles. The Morgan fingerprint density at radius 2 is 1.76 bits per heavy atom. The van der Waals surface area contributed by atoms with Crippen LogP contribution in [0.25, 0.3) is 16.7 Å². The zero-order chi connectivity index (χ0) is 11.7. The Bertz CT molecular complexity index is 658. The van der Waals surface area contributed by atoms with Crippen molar-refractivity contribution in [1.29, 1.82) is 0 Å². The van der Waals surface area contributed by atoms with Gasteiger partial charge in [0.2, 0.25) is 0 Å². The maximum Gasteiger partial charge on any atom is 0.100 e. The van der Waals surface area contributed by atoms with Gasteiger partial charge < -0.3 is 0 Å². The first-order valence-corrected chi connectivity index (χ1v) is 6.00. The normalized spacial score (nSPS) is 10.9. The molecule has 0 unspecified atom stereocenters. The Hall–Kier alpha value is -1.80. The van der Waals surface area contributed by atoms with Crippen LogP contribution in [0.1, 0.15) is 5.56 Å². The molecule has 3 heteroatoms.